The molecule has 20 heavy (non-hydrogen) atoms. The van der Waals surface area contributed by atoms with Crippen LogP contribution in [0.1, 0.15) is 31.7 Å². The van der Waals surface area contributed by atoms with Gasteiger partial charge in [-0.3, -0.25) is 5.41 Å². The normalized spacial score (nSPS) is 13.5. The van der Waals surface area contributed by atoms with E-state index in [1.54, 1.807) is 5.21 Å². The highest BCUT2D eigenvalue weighted by Crippen LogP contribution is 2.30. The van der Waals surface area contributed by atoms with Crippen LogP contribution in [0.25, 0.3) is 0 Å². The molecule has 1 aromatic rings. The minimum Gasteiger partial charge on any atom is -0.390 e. The van der Waals surface area contributed by atoms with Crippen LogP contribution in [0.2, 0.25) is 0 Å². The minimum absolute atomic E-state index is 0.505. The first-order valence-corrected chi connectivity index (χ1v) is 6.97. The van der Waals surface area contributed by atoms with E-state index >= 15 is 0 Å². The second kappa shape index (κ2) is 5.13. The number of hydrogen-bond donors (Lipinski definition) is 3. The second-order valence-corrected chi connectivity index (χ2v) is 6.80. The van der Waals surface area contributed by atoms with E-state index in [-0.39, 0.29) is 0 Å². The van der Waals surface area contributed by atoms with Gasteiger partial charge < -0.3 is 5.11 Å². The maximum absolute atomic E-state index is 12.5. The van der Waals surface area contributed by atoms with Crippen LogP contribution < -0.4 is 0 Å². The number of halogens is 3. The van der Waals surface area contributed by atoms with E-state index in [1.807, 2.05) is 0 Å². The summed E-state index contributed by atoms with van der Waals surface area (Å²) in [7, 11) is -4.30. The molecule has 0 spiro atoms. The molecule has 0 atom stereocenters. The Bertz CT molecular complexity index is 601. The number of H-pyrrole nitrogens is 1. The number of rotatable bonds is 4. The molecule has 0 aliphatic rings. The lowest BCUT2D eigenvalue weighted by Crippen LogP contribution is -2.28. The third kappa shape index (κ3) is 4.27. The molecule has 0 unspecified atom stereocenters. The molecule has 0 amide bonds. The molecule has 0 aliphatic heterocycles. The van der Waals surface area contributed by atoms with Crippen LogP contribution >= 0.6 is 0 Å². The van der Waals surface area contributed by atoms with Gasteiger partial charge in [-0.2, -0.15) is 28.6 Å². The average Bonchev–Trinajstić information content (AvgIpc) is 2.61. The second-order valence-electron chi connectivity index (χ2n) is 4.79. The van der Waals surface area contributed by atoms with Gasteiger partial charge in [0, 0.05) is 6.42 Å². The van der Waals surface area contributed by atoms with Crippen LogP contribution in [0.3, 0.4) is 0 Å². The molecular weight excluding hydrogens is 301 g/mol. The van der Waals surface area contributed by atoms with Gasteiger partial charge in [-0.1, -0.05) is 0 Å². The molecule has 1 aromatic heterocycles. The van der Waals surface area contributed by atoms with Crippen LogP contribution in [0.4, 0.5) is 13.2 Å². The Hall–Kier alpha value is -1.49. The van der Waals surface area contributed by atoms with E-state index in [0.29, 0.717) is 0 Å². The van der Waals surface area contributed by atoms with Gasteiger partial charge in [0.1, 0.15) is 16.5 Å². The number of hydrogen-bond acceptors (Lipinski definition) is 6. The zero-order valence-corrected chi connectivity index (χ0v) is 11.4. The molecule has 114 valence electrons. The Labute approximate surface area is 112 Å². The molecule has 7 nitrogen and oxygen atoms in total. The lowest BCUT2D eigenvalue weighted by molar-refractivity contribution is -0.141. The van der Waals surface area contributed by atoms with Gasteiger partial charge in [-0.25, -0.2) is 8.42 Å². The first kappa shape index (κ1) is 16.6. The Morgan fingerprint density at radius 1 is 1.35 bits per heavy atom. The van der Waals surface area contributed by atoms with E-state index < -0.39 is 50.2 Å². The van der Waals surface area contributed by atoms with Crippen molar-refractivity contribution in [2.24, 2.45) is 0 Å². The molecular formula is C9H13F3N4O3S. The van der Waals surface area contributed by atoms with E-state index in [4.69, 9.17) is 5.41 Å². The Balaban J connectivity index is 2.99. The van der Waals surface area contributed by atoms with Crippen LogP contribution in [-0.4, -0.2) is 39.6 Å². The topological polar surface area (TPSA) is 120 Å². The predicted octanol–water partition coefficient (Wildman–Crippen LogP) is 0.877. The van der Waals surface area contributed by atoms with Gasteiger partial charge >= 0.3 is 6.18 Å². The highest BCUT2D eigenvalue weighted by Gasteiger charge is 2.39. The molecule has 1 heterocycles. The van der Waals surface area contributed by atoms with Crippen molar-refractivity contribution >= 4 is 14.9 Å². The molecule has 0 saturated carbocycles. The molecule has 3 N–H and O–H groups in total. The summed E-state index contributed by atoms with van der Waals surface area (Å²) in [5, 5.41) is 23.7. The molecule has 0 aliphatic carbocycles. The third-order valence-corrected chi connectivity index (χ3v) is 3.73. The van der Waals surface area contributed by atoms with Crippen molar-refractivity contribution in [3.05, 3.63) is 11.4 Å². The number of nitrogens with one attached hydrogen (secondary N) is 2. The zero-order valence-electron chi connectivity index (χ0n) is 10.6. The Morgan fingerprint density at radius 3 is 2.35 bits per heavy atom. The Kier molecular flexibility index (Phi) is 4.25. The number of sulfone groups is 1. The number of aromatic nitrogens is 3. The summed E-state index contributed by atoms with van der Waals surface area (Å²) in [6.07, 6.45) is -5.34. The van der Waals surface area contributed by atoms with E-state index in [1.165, 1.54) is 13.8 Å². The number of alkyl halides is 3. The van der Waals surface area contributed by atoms with Gasteiger partial charge in [0.15, 0.2) is 15.5 Å². The maximum atomic E-state index is 12.5. The first-order chi connectivity index (χ1) is 8.83. The predicted molar refractivity (Wildman–Crippen MR) is 62.7 cm³/mol. The van der Waals surface area contributed by atoms with Crippen LogP contribution in [0.15, 0.2) is 0 Å². The van der Waals surface area contributed by atoms with Crippen molar-refractivity contribution in [1.29, 1.82) is 5.41 Å². The van der Waals surface area contributed by atoms with Gasteiger partial charge in [0.2, 0.25) is 0 Å². The van der Waals surface area contributed by atoms with Crippen molar-refractivity contribution in [2.75, 3.05) is 0 Å². The summed E-state index contributed by atoms with van der Waals surface area (Å²) < 4.78 is 61.1. The molecule has 0 radical (unpaired) electrons. The summed E-state index contributed by atoms with van der Waals surface area (Å²) in [6, 6.07) is 0. The number of aliphatic hydroxyl groups is 1. The Morgan fingerprint density at radius 2 is 1.90 bits per heavy atom. The first-order valence-electron chi connectivity index (χ1n) is 5.32. The van der Waals surface area contributed by atoms with Crippen LogP contribution in [-0.2, 0) is 21.8 Å². The molecule has 11 heteroatoms. The van der Waals surface area contributed by atoms with E-state index in [0.717, 1.165) is 0 Å². The highest BCUT2D eigenvalue weighted by molar-refractivity contribution is 8.05. The van der Waals surface area contributed by atoms with Gasteiger partial charge in [0.05, 0.1) is 5.60 Å². The summed E-state index contributed by atoms with van der Waals surface area (Å²) in [5.41, 5.74) is -3.70. The van der Waals surface area contributed by atoms with Crippen molar-refractivity contribution in [3.8, 4) is 0 Å². The number of aromatic amines is 1. The standard InChI is InChI=1S/C9H13F3N4O3S/c1-8(2,17)3-6(13)20(18,19)4-5-7(9(10,11)12)15-16-14-5/h13,17H,3-4H2,1-2H3,(H,14,15,16). The fraction of sp³-hybridized carbons (Fsp3) is 0.667. The van der Waals surface area contributed by atoms with Crippen molar-refractivity contribution < 1.29 is 26.7 Å². The average molecular weight is 314 g/mol. The van der Waals surface area contributed by atoms with E-state index in [2.05, 4.69) is 10.2 Å². The van der Waals surface area contributed by atoms with Gasteiger partial charge in [-0.05, 0) is 13.8 Å². The lowest BCUT2D eigenvalue weighted by Gasteiger charge is -2.17. The van der Waals surface area contributed by atoms with E-state index in [9.17, 15) is 26.7 Å². The molecule has 0 bridgehead atoms. The summed E-state index contributed by atoms with van der Waals surface area (Å²) >= 11 is 0. The van der Waals surface area contributed by atoms with Crippen LogP contribution in [0.5, 0.6) is 0 Å². The van der Waals surface area contributed by atoms with Gasteiger partial charge in [-0.15, -0.1) is 0 Å². The van der Waals surface area contributed by atoms with Crippen molar-refractivity contribution in [3.63, 3.8) is 0 Å². The lowest BCUT2D eigenvalue weighted by atomic mass is 10.1. The molecule has 0 aromatic carbocycles. The zero-order chi connectivity index (χ0) is 15.8. The summed E-state index contributed by atoms with van der Waals surface area (Å²) in [5.74, 6) is -1.10. The smallest absolute Gasteiger partial charge is 0.390 e. The summed E-state index contributed by atoms with van der Waals surface area (Å²) in [6.45, 7) is 2.57. The SMILES string of the molecule is CC(C)(O)CC(=N)S(=O)(=O)Cc1n[nH]nc1C(F)(F)F. The van der Waals surface area contributed by atoms with Crippen molar-refractivity contribution in [2.45, 2.75) is 37.8 Å². The monoisotopic (exact) mass is 314 g/mol. The molecule has 1 rings (SSSR count). The largest absolute Gasteiger partial charge is 0.437 e. The molecule has 0 fully saturated rings. The van der Waals surface area contributed by atoms with Gasteiger partial charge in [0.25, 0.3) is 0 Å². The van der Waals surface area contributed by atoms with Crippen molar-refractivity contribution in [1.82, 2.24) is 15.4 Å². The maximum Gasteiger partial charge on any atom is 0.437 e. The number of nitrogens with zero attached hydrogens (tertiary/aromatic N) is 2. The minimum atomic E-state index is -4.84. The highest BCUT2D eigenvalue weighted by atomic mass is 32.2. The third-order valence-electron chi connectivity index (χ3n) is 2.18. The summed E-state index contributed by atoms with van der Waals surface area (Å²) in [4.78, 5) is 0. The van der Waals surface area contributed by atoms with Crippen LogP contribution in [0, 0.1) is 5.41 Å². The fourth-order valence-electron chi connectivity index (χ4n) is 1.35. The quantitative estimate of drug-likeness (QED) is 0.563. The fourth-order valence-corrected chi connectivity index (χ4v) is 2.66. The molecule has 0 saturated heterocycles.